The number of hydrogen-bond donors (Lipinski definition) is 1. The van der Waals surface area contributed by atoms with Crippen LogP contribution in [0.2, 0.25) is 0 Å². The first-order chi connectivity index (χ1) is 8.67. The summed E-state index contributed by atoms with van der Waals surface area (Å²) in [5.41, 5.74) is 1.17. The zero-order valence-electron chi connectivity index (χ0n) is 10.9. The molecule has 3 nitrogen and oxygen atoms in total. The van der Waals surface area contributed by atoms with Gasteiger partial charge in [0.2, 0.25) is 0 Å². The van der Waals surface area contributed by atoms with Crippen molar-refractivity contribution < 1.29 is 14.2 Å². The number of ether oxygens (including phenoxy) is 1. The van der Waals surface area contributed by atoms with Gasteiger partial charge in [-0.15, -0.1) is 0 Å². The fraction of sp³-hybridized carbons (Fsp3) is 0.571. The van der Waals surface area contributed by atoms with E-state index in [1.165, 1.54) is 6.07 Å². The van der Waals surface area contributed by atoms with E-state index in [-0.39, 0.29) is 24.6 Å². The molecule has 1 N–H and O–H groups in total. The third kappa shape index (κ3) is 2.49. The molecule has 0 aliphatic carbocycles. The van der Waals surface area contributed by atoms with Gasteiger partial charge in [0.1, 0.15) is 5.82 Å². The minimum absolute atomic E-state index is 0.127. The summed E-state index contributed by atoms with van der Waals surface area (Å²) in [6.07, 6.45) is 1.07. The third-order valence-electron chi connectivity index (χ3n) is 3.50. The highest BCUT2D eigenvalue weighted by atomic mass is 19.1. The standard InChI is InChI=1S/C14H20FNO2/c1-3-11-9-18-10(2)7-16(11)14-6-4-5-13(15)12(14)8-17/h4-6,10-11,17H,3,7-9H2,1-2H3. The second-order valence-electron chi connectivity index (χ2n) is 4.75. The SMILES string of the molecule is CCC1COC(C)CN1c1cccc(F)c1CO. The number of hydrogen-bond acceptors (Lipinski definition) is 3. The number of halogens is 1. The lowest BCUT2D eigenvalue weighted by atomic mass is 10.1. The molecule has 0 bridgehead atoms. The van der Waals surface area contributed by atoms with E-state index in [1.807, 2.05) is 13.0 Å². The Balaban J connectivity index is 2.36. The van der Waals surface area contributed by atoms with Crippen LogP contribution in [0.15, 0.2) is 18.2 Å². The van der Waals surface area contributed by atoms with Crippen LogP contribution in [0.1, 0.15) is 25.8 Å². The zero-order valence-corrected chi connectivity index (χ0v) is 10.9. The number of aliphatic hydroxyl groups is 1. The van der Waals surface area contributed by atoms with Gasteiger partial charge >= 0.3 is 0 Å². The number of rotatable bonds is 3. The normalized spacial score (nSPS) is 24.3. The first-order valence-corrected chi connectivity index (χ1v) is 6.43. The Morgan fingerprint density at radius 2 is 2.28 bits per heavy atom. The molecule has 0 spiro atoms. The molecule has 1 aliphatic heterocycles. The van der Waals surface area contributed by atoms with Crippen molar-refractivity contribution in [3.8, 4) is 0 Å². The average Bonchev–Trinajstić information content (AvgIpc) is 2.38. The molecule has 2 atom stereocenters. The van der Waals surface area contributed by atoms with E-state index in [4.69, 9.17) is 4.74 Å². The van der Waals surface area contributed by atoms with Gasteiger partial charge in [-0.1, -0.05) is 13.0 Å². The van der Waals surface area contributed by atoms with Crippen molar-refractivity contribution in [2.75, 3.05) is 18.1 Å². The van der Waals surface area contributed by atoms with Gasteiger partial charge in [-0.3, -0.25) is 0 Å². The molecule has 1 fully saturated rings. The molecule has 1 aromatic carbocycles. The quantitative estimate of drug-likeness (QED) is 0.897. The summed E-state index contributed by atoms with van der Waals surface area (Å²) in [6.45, 7) is 5.21. The Labute approximate surface area is 107 Å². The molecule has 1 aliphatic rings. The van der Waals surface area contributed by atoms with Crippen LogP contribution in [-0.4, -0.2) is 30.4 Å². The molecular formula is C14H20FNO2. The van der Waals surface area contributed by atoms with Crippen LogP contribution in [0.5, 0.6) is 0 Å². The molecule has 100 valence electrons. The number of benzene rings is 1. The summed E-state index contributed by atoms with van der Waals surface area (Å²) in [5.74, 6) is -0.344. The van der Waals surface area contributed by atoms with Crippen LogP contribution < -0.4 is 4.90 Å². The Bertz CT molecular complexity index is 411. The summed E-state index contributed by atoms with van der Waals surface area (Å²) < 4.78 is 19.4. The second kappa shape index (κ2) is 5.67. The number of aliphatic hydroxyl groups excluding tert-OH is 1. The van der Waals surface area contributed by atoms with Crippen molar-refractivity contribution in [3.63, 3.8) is 0 Å². The molecule has 1 heterocycles. The van der Waals surface area contributed by atoms with Crippen LogP contribution in [0, 0.1) is 5.82 Å². The summed E-state index contributed by atoms with van der Waals surface area (Å²) >= 11 is 0. The fourth-order valence-electron chi connectivity index (χ4n) is 2.45. The van der Waals surface area contributed by atoms with Crippen molar-refractivity contribution in [1.82, 2.24) is 0 Å². The van der Waals surface area contributed by atoms with Gasteiger partial charge in [0.05, 0.1) is 25.4 Å². The largest absolute Gasteiger partial charge is 0.391 e. The minimum Gasteiger partial charge on any atom is -0.391 e. The highest BCUT2D eigenvalue weighted by Gasteiger charge is 2.27. The summed E-state index contributed by atoms with van der Waals surface area (Å²) in [5, 5.41) is 9.36. The lowest BCUT2D eigenvalue weighted by Gasteiger charge is -2.40. The molecule has 0 amide bonds. The van der Waals surface area contributed by atoms with Crippen molar-refractivity contribution >= 4 is 5.69 Å². The maximum atomic E-state index is 13.7. The van der Waals surface area contributed by atoms with Gasteiger partial charge in [0.15, 0.2) is 0 Å². The van der Waals surface area contributed by atoms with E-state index in [0.717, 1.165) is 18.7 Å². The number of morpholine rings is 1. The topological polar surface area (TPSA) is 32.7 Å². The Hall–Kier alpha value is -1.13. The van der Waals surface area contributed by atoms with Crippen molar-refractivity contribution in [3.05, 3.63) is 29.6 Å². The first-order valence-electron chi connectivity index (χ1n) is 6.43. The number of anilines is 1. The van der Waals surface area contributed by atoms with Crippen LogP contribution in [0.3, 0.4) is 0 Å². The van der Waals surface area contributed by atoms with E-state index >= 15 is 0 Å². The Morgan fingerprint density at radius 3 is 2.94 bits per heavy atom. The van der Waals surface area contributed by atoms with E-state index in [1.54, 1.807) is 6.07 Å². The maximum absolute atomic E-state index is 13.7. The summed E-state index contributed by atoms with van der Waals surface area (Å²) in [7, 11) is 0. The molecule has 18 heavy (non-hydrogen) atoms. The van der Waals surface area contributed by atoms with Crippen LogP contribution in [0.4, 0.5) is 10.1 Å². The number of nitrogens with zero attached hydrogens (tertiary/aromatic N) is 1. The molecule has 2 unspecified atom stereocenters. The van der Waals surface area contributed by atoms with Crippen LogP contribution >= 0.6 is 0 Å². The highest BCUT2D eigenvalue weighted by Crippen LogP contribution is 2.28. The summed E-state index contributed by atoms with van der Waals surface area (Å²) in [4.78, 5) is 2.16. The fourth-order valence-corrected chi connectivity index (χ4v) is 2.45. The molecule has 0 aromatic heterocycles. The van der Waals surface area contributed by atoms with Crippen LogP contribution in [-0.2, 0) is 11.3 Å². The van der Waals surface area contributed by atoms with E-state index in [2.05, 4.69) is 11.8 Å². The predicted molar refractivity (Wildman–Crippen MR) is 69.2 cm³/mol. The zero-order chi connectivity index (χ0) is 13.1. The molecule has 4 heteroatoms. The van der Waals surface area contributed by atoms with Gasteiger partial charge in [-0.25, -0.2) is 4.39 Å². The molecule has 0 saturated carbocycles. The third-order valence-corrected chi connectivity index (χ3v) is 3.50. The Morgan fingerprint density at radius 1 is 1.50 bits per heavy atom. The molecule has 1 saturated heterocycles. The lowest BCUT2D eigenvalue weighted by molar-refractivity contribution is 0.0297. The van der Waals surface area contributed by atoms with E-state index in [0.29, 0.717) is 12.2 Å². The predicted octanol–water partition coefficient (Wildman–Crippen LogP) is 2.32. The minimum atomic E-state index is -0.344. The van der Waals surface area contributed by atoms with Crippen molar-refractivity contribution in [2.45, 2.75) is 39.0 Å². The lowest BCUT2D eigenvalue weighted by Crippen LogP contribution is -2.49. The van der Waals surface area contributed by atoms with E-state index < -0.39 is 0 Å². The van der Waals surface area contributed by atoms with Crippen molar-refractivity contribution in [1.29, 1.82) is 0 Å². The monoisotopic (exact) mass is 253 g/mol. The molecular weight excluding hydrogens is 233 g/mol. The van der Waals surface area contributed by atoms with Gasteiger partial charge in [-0.2, -0.15) is 0 Å². The van der Waals surface area contributed by atoms with E-state index in [9.17, 15) is 9.50 Å². The van der Waals surface area contributed by atoms with Gasteiger partial charge < -0.3 is 14.7 Å². The van der Waals surface area contributed by atoms with Crippen LogP contribution in [0.25, 0.3) is 0 Å². The van der Waals surface area contributed by atoms with Gasteiger partial charge in [0.25, 0.3) is 0 Å². The van der Waals surface area contributed by atoms with Gasteiger partial charge in [-0.05, 0) is 25.5 Å². The molecule has 2 rings (SSSR count). The maximum Gasteiger partial charge on any atom is 0.130 e. The molecule has 0 radical (unpaired) electrons. The van der Waals surface area contributed by atoms with Gasteiger partial charge in [0, 0.05) is 17.8 Å². The Kier molecular flexibility index (Phi) is 4.19. The molecule has 1 aromatic rings. The second-order valence-corrected chi connectivity index (χ2v) is 4.75. The smallest absolute Gasteiger partial charge is 0.130 e. The summed E-state index contributed by atoms with van der Waals surface area (Å²) in [6, 6.07) is 5.19. The average molecular weight is 253 g/mol. The highest BCUT2D eigenvalue weighted by molar-refractivity contribution is 5.55. The first kappa shape index (κ1) is 13.3. The van der Waals surface area contributed by atoms with Crippen molar-refractivity contribution in [2.24, 2.45) is 0 Å².